The number of halogens is 3. The molecular weight excluding hydrogens is 419 g/mol. The van der Waals surface area contributed by atoms with Crippen LogP contribution in [0, 0.1) is 11.3 Å². The highest BCUT2D eigenvalue weighted by atomic mass is 32.3. The smallest absolute Gasteiger partial charge is 0.334 e. The quantitative estimate of drug-likeness (QED) is 0.602. The number of hydrogen-bond donors (Lipinski definition) is 2. The topological polar surface area (TPSA) is 59.3 Å². The lowest BCUT2D eigenvalue weighted by molar-refractivity contribution is -0.0328. The number of thioether (sulfide) groups is 1. The van der Waals surface area contributed by atoms with E-state index in [1.807, 2.05) is 6.07 Å². The van der Waals surface area contributed by atoms with Crippen LogP contribution in [-0.4, -0.2) is 40.3 Å². The van der Waals surface area contributed by atoms with Crippen LogP contribution in [-0.2, 0) is 6.54 Å². The van der Waals surface area contributed by atoms with Gasteiger partial charge >= 0.3 is 5.51 Å². The van der Waals surface area contributed by atoms with Gasteiger partial charge in [-0.15, -0.1) is 0 Å². The Morgan fingerprint density at radius 2 is 2.00 bits per heavy atom. The Bertz CT molecular complexity index is 882. The number of nitriles is 1. The number of rotatable bonds is 6. The number of benzene rings is 2. The van der Waals surface area contributed by atoms with Crippen molar-refractivity contribution < 1.29 is 17.7 Å². The van der Waals surface area contributed by atoms with Crippen LogP contribution in [0.15, 0.2) is 58.3 Å². The zero-order valence-electron chi connectivity index (χ0n) is 15.8. The van der Waals surface area contributed by atoms with E-state index in [0.717, 1.165) is 25.1 Å². The van der Waals surface area contributed by atoms with Gasteiger partial charge in [0.25, 0.3) is 0 Å². The third-order valence-corrected chi connectivity index (χ3v) is 7.36. The third kappa shape index (κ3) is 6.39. The van der Waals surface area contributed by atoms with Crippen molar-refractivity contribution in [3.63, 3.8) is 0 Å². The second kappa shape index (κ2) is 8.98. The van der Waals surface area contributed by atoms with Gasteiger partial charge in [0.05, 0.1) is 11.6 Å². The molecule has 0 radical (unpaired) electrons. The average molecular weight is 442 g/mol. The number of nitrogens with one attached hydrogen (secondary N) is 1. The van der Waals surface area contributed by atoms with Crippen molar-refractivity contribution >= 4 is 22.3 Å². The Balaban J connectivity index is 1.55. The van der Waals surface area contributed by atoms with Gasteiger partial charge in [0.2, 0.25) is 0 Å². The number of likely N-dealkylation sites (tertiary alicyclic amines) is 1. The standard InChI is InChI=1S/C20H22F3N3OS2/c1-29(27,19-4-2-3-16(11-19)12-24)25-17-9-10-26(14-17)13-15-5-7-18(8-6-15)28-20(21,22)23/h2-8,11,17,25,27H,9-10,13-14H2,1H3. The Hall–Kier alpha value is -1.70. The van der Waals surface area contributed by atoms with Crippen molar-refractivity contribution in [2.75, 3.05) is 19.3 Å². The van der Waals surface area contributed by atoms with Crippen LogP contribution in [0.2, 0.25) is 0 Å². The van der Waals surface area contributed by atoms with Gasteiger partial charge in [-0.3, -0.25) is 9.62 Å². The van der Waals surface area contributed by atoms with Gasteiger partial charge in [0, 0.05) is 41.7 Å². The number of hydrogen-bond acceptors (Lipinski definition) is 5. The van der Waals surface area contributed by atoms with Crippen molar-refractivity contribution in [1.29, 1.82) is 5.26 Å². The lowest BCUT2D eigenvalue weighted by Gasteiger charge is -2.34. The van der Waals surface area contributed by atoms with Gasteiger partial charge in [-0.1, -0.05) is 28.7 Å². The molecular formula is C20H22F3N3OS2. The van der Waals surface area contributed by atoms with Crippen molar-refractivity contribution in [2.24, 2.45) is 0 Å². The SMILES string of the molecule is CS(O)(NC1CCN(Cc2ccc(SC(F)(F)F)cc2)C1)c1cccc(C#N)c1. The maximum atomic E-state index is 12.4. The molecule has 1 aliphatic rings. The molecule has 2 aromatic rings. The molecule has 0 bridgehead atoms. The van der Waals surface area contributed by atoms with Crippen LogP contribution < -0.4 is 4.72 Å². The van der Waals surface area contributed by atoms with E-state index in [2.05, 4.69) is 15.7 Å². The molecule has 0 aromatic heterocycles. The predicted molar refractivity (Wildman–Crippen MR) is 111 cm³/mol. The number of nitrogens with zero attached hydrogens (tertiary/aromatic N) is 2. The van der Waals surface area contributed by atoms with E-state index in [1.54, 1.807) is 36.6 Å². The summed E-state index contributed by atoms with van der Waals surface area (Å²) in [5, 5.41) is 9.05. The monoisotopic (exact) mass is 441 g/mol. The first kappa shape index (κ1) is 22.0. The van der Waals surface area contributed by atoms with Gasteiger partial charge in [0.15, 0.2) is 0 Å². The van der Waals surface area contributed by atoms with Crippen LogP contribution in [0.4, 0.5) is 13.2 Å². The fourth-order valence-corrected chi connectivity index (χ4v) is 5.55. The van der Waals surface area contributed by atoms with Crippen molar-refractivity contribution in [2.45, 2.75) is 34.3 Å². The summed E-state index contributed by atoms with van der Waals surface area (Å²) in [6.45, 7) is 2.22. The fourth-order valence-electron chi connectivity index (χ4n) is 3.33. The van der Waals surface area contributed by atoms with E-state index in [1.165, 1.54) is 12.1 Å². The molecule has 4 nitrogen and oxygen atoms in total. The molecule has 1 saturated heterocycles. The molecule has 156 valence electrons. The Labute approximate surface area is 174 Å². The van der Waals surface area contributed by atoms with Gasteiger partial charge < -0.3 is 4.55 Å². The van der Waals surface area contributed by atoms with E-state index in [-0.39, 0.29) is 22.7 Å². The van der Waals surface area contributed by atoms with Gasteiger partial charge in [-0.05, 0) is 54.1 Å². The number of alkyl halides is 3. The summed E-state index contributed by atoms with van der Waals surface area (Å²) in [5.41, 5.74) is -2.81. The summed E-state index contributed by atoms with van der Waals surface area (Å²) in [6.07, 6.45) is 2.62. The van der Waals surface area contributed by atoms with Crippen LogP contribution in [0.1, 0.15) is 17.5 Å². The van der Waals surface area contributed by atoms with Crippen molar-refractivity contribution in [3.05, 3.63) is 59.7 Å². The zero-order valence-corrected chi connectivity index (χ0v) is 17.4. The molecule has 2 aromatic carbocycles. The second-order valence-electron chi connectivity index (χ2n) is 7.05. The Morgan fingerprint density at radius 1 is 1.28 bits per heavy atom. The van der Waals surface area contributed by atoms with Gasteiger partial charge in [-0.25, -0.2) is 0 Å². The minimum Gasteiger partial charge on any atom is -0.334 e. The van der Waals surface area contributed by atoms with Crippen molar-refractivity contribution in [3.8, 4) is 6.07 Å². The van der Waals surface area contributed by atoms with Crippen LogP contribution >= 0.6 is 22.3 Å². The zero-order chi connectivity index (χ0) is 21.1. The highest BCUT2D eigenvalue weighted by Gasteiger charge is 2.30. The summed E-state index contributed by atoms with van der Waals surface area (Å²) >= 11 is -0.109. The molecule has 0 spiro atoms. The molecule has 2 atom stereocenters. The van der Waals surface area contributed by atoms with E-state index in [9.17, 15) is 17.7 Å². The highest BCUT2D eigenvalue weighted by Crippen LogP contribution is 2.45. The molecule has 29 heavy (non-hydrogen) atoms. The molecule has 2 N–H and O–H groups in total. The molecule has 0 amide bonds. The summed E-state index contributed by atoms with van der Waals surface area (Å²) in [5.74, 6) is 0. The Morgan fingerprint density at radius 3 is 2.66 bits per heavy atom. The molecule has 2 unspecified atom stereocenters. The lowest BCUT2D eigenvalue weighted by Crippen LogP contribution is -2.34. The van der Waals surface area contributed by atoms with E-state index in [4.69, 9.17) is 5.26 Å². The molecule has 9 heteroatoms. The average Bonchev–Trinajstić information content (AvgIpc) is 3.08. The van der Waals surface area contributed by atoms with Crippen LogP contribution in [0.5, 0.6) is 0 Å². The third-order valence-electron chi connectivity index (χ3n) is 4.65. The van der Waals surface area contributed by atoms with E-state index in [0.29, 0.717) is 17.0 Å². The molecule has 1 aliphatic heterocycles. The normalized spacial score (nSPS) is 20.8. The first-order chi connectivity index (χ1) is 13.6. The van der Waals surface area contributed by atoms with Gasteiger partial charge in [0.1, 0.15) is 0 Å². The van der Waals surface area contributed by atoms with E-state index >= 15 is 0 Å². The summed E-state index contributed by atoms with van der Waals surface area (Å²) in [4.78, 5) is 3.11. The first-order valence-corrected chi connectivity index (χ1v) is 11.8. The first-order valence-electron chi connectivity index (χ1n) is 9.00. The van der Waals surface area contributed by atoms with Crippen LogP contribution in [0.25, 0.3) is 0 Å². The van der Waals surface area contributed by atoms with E-state index < -0.39 is 16.0 Å². The molecule has 0 saturated carbocycles. The molecule has 1 heterocycles. The van der Waals surface area contributed by atoms with Crippen LogP contribution in [0.3, 0.4) is 0 Å². The second-order valence-corrected chi connectivity index (χ2v) is 10.6. The summed E-state index contributed by atoms with van der Waals surface area (Å²) < 4.78 is 51.5. The molecule has 0 aliphatic carbocycles. The maximum Gasteiger partial charge on any atom is 0.446 e. The highest BCUT2D eigenvalue weighted by molar-refractivity contribution is 8.27. The predicted octanol–water partition coefficient (Wildman–Crippen LogP) is 5.22. The Kier molecular flexibility index (Phi) is 6.81. The molecule has 1 fully saturated rings. The van der Waals surface area contributed by atoms with Gasteiger partial charge in [-0.2, -0.15) is 18.4 Å². The fraction of sp³-hybridized carbons (Fsp3) is 0.350. The molecule has 3 rings (SSSR count). The summed E-state index contributed by atoms with van der Waals surface area (Å²) in [6, 6.07) is 15.6. The maximum absolute atomic E-state index is 12.4. The largest absolute Gasteiger partial charge is 0.446 e. The summed E-state index contributed by atoms with van der Waals surface area (Å²) in [7, 11) is -2.23. The lowest BCUT2D eigenvalue weighted by atomic mass is 10.2. The minimum absolute atomic E-state index is 0.103. The minimum atomic E-state index is -4.28. The van der Waals surface area contributed by atoms with Crippen molar-refractivity contribution in [1.82, 2.24) is 9.62 Å².